The van der Waals surface area contributed by atoms with Crippen LogP contribution in [0, 0.1) is 5.92 Å². The lowest BCUT2D eigenvalue weighted by atomic mass is 10.0. The molecule has 15 heavy (non-hydrogen) atoms. The van der Waals surface area contributed by atoms with Crippen molar-refractivity contribution in [3.05, 3.63) is 10.4 Å². The van der Waals surface area contributed by atoms with Gasteiger partial charge in [0, 0.05) is 31.1 Å². The first-order chi connectivity index (χ1) is 7.24. The van der Waals surface area contributed by atoms with Crippen molar-refractivity contribution in [3.63, 3.8) is 0 Å². The Morgan fingerprint density at radius 2 is 2.53 bits per heavy atom. The minimum atomic E-state index is -0.0466. The number of nitrogens with zero attached hydrogens (tertiary/aromatic N) is 4. The van der Waals surface area contributed by atoms with E-state index in [-0.39, 0.29) is 6.03 Å². The average Bonchev–Trinajstić information content (AvgIpc) is 2.24. The number of hydrogen-bond donors (Lipinski definition) is 1. The van der Waals surface area contributed by atoms with E-state index in [9.17, 15) is 4.79 Å². The quantitative estimate of drug-likeness (QED) is 0.328. The molecule has 1 N–H and O–H groups in total. The zero-order chi connectivity index (χ0) is 11.1. The molecule has 1 aliphatic rings. The summed E-state index contributed by atoms with van der Waals surface area (Å²) < 4.78 is 0. The van der Waals surface area contributed by atoms with E-state index >= 15 is 0 Å². The summed E-state index contributed by atoms with van der Waals surface area (Å²) >= 11 is 0. The van der Waals surface area contributed by atoms with Crippen LogP contribution in [0.4, 0.5) is 4.79 Å². The van der Waals surface area contributed by atoms with E-state index in [1.807, 2.05) is 4.90 Å². The van der Waals surface area contributed by atoms with E-state index in [1.165, 1.54) is 6.42 Å². The highest BCUT2D eigenvalue weighted by molar-refractivity contribution is 5.74. The third kappa shape index (κ3) is 4.08. The van der Waals surface area contributed by atoms with Gasteiger partial charge in [-0.05, 0) is 24.3 Å². The van der Waals surface area contributed by atoms with Crippen LogP contribution in [0.15, 0.2) is 5.11 Å². The number of nitrogens with one attached hydrogen (secondary N) is 1. The van der Waals surface area contributed by atoms with Gasteiger partial charge in [-0.1, -0.05) is 12.0 Å². The highest BCUT2D eigenvalue weighted by Gasteiger charge is 2.19. The van der Waals surface area contributed by atoms with E-state index in [4.69, 9.17) is 5.53 Å². The van der Waals surface area contributed by atoms with Crippen LogP contribution < -0.4 is 5.32 Å². The number of urea groups is 1. The SMILES string of the molecule is CC1CCCN(C(=O)NCCN=[N+]=[N-])C1. The fourth-order valence-electron chi connectivity index (χ4n) is 1.74. The van der Waals surface area contributed by atoms with Crippen molar-refractivity contribution in [1.82, 2.24) is 10.2 Å². The van der Waals surface area contributed by atoms with Gasteiger partial charge in [0.05, 0.1) is 0 Å². The molecule has 6 heteroatoms. The summed E-state index contributed by atoms with van der Waals surface area (Å²) in [6.07, 6.45) is 2.27. The number of hydrogen-bond acceptors (Lipinski definition) is 2. The van der Waals surface area contributed by atoms with Crippen LogP contribution in [-0.4, -0.2) is 37.1 Å². The number of carbonyl (C=O) groups excluding carboxylic acids is 1. The molecule has 84 valence electrons. The molecule has 1 saturated heterocycles. The summed E-state index contributed by atoms with van der Waals surface area (Å²) in [5.41, 5.74) is 8.05. The van der Waals surface area contributed by atoms with Crippen LogP contribution in [0.3, 0.4) is 0 Å². The van der Waals surface area contributed by atoms with E-state index < -0.39 is 0 Å². The monoisotopic (exact) mass is 211 g/mol. The molecule has 0 saturated carbocycles. The minimum absolute atomic E-state index is 0.0466. The number of likely N-dealkylation sites (tertiary alicyclic amines) is 1. The fraction of sp³-hybridized carbons (Fsp3) is 0.889. The molecule has 1 heterocycles. The Labute approximate surface area is 89.3 Å². The maximum atomic E-state index is 11.6. The Morgan fingerprint density at radius 3 is 3.20 bits per heavy atom. The minimum Gasteiger partial charge on any atom is -0.338 e. The molecule has 0 aromatic carbocycles. The summed E-state index contributed by atoms with van der Waals surface area (Å²) in [5, 5.41) is 6.08. The second-order valence-electron chi connectivity index (χ2n) is 3.88. The van der Waals surface area contributed by atoms with Crippen molar-refractivity contribution < 1.29 is 4.79 Å². The Balaban J connectivity index is 2.23. The highest BCUT2D eigenvalue weighted by atomic mass is 16.2. The molecule has 0 aromatic heterocycles. The standard InChI is InChI=1S/C9H17N5O/c1-8-3-2-6-14(7-8)9(15)11-4-5-12-13-10/h8H,2-7H2,1H3,(H,11,15). The highest BCUT2D eigenvalue weighted by Crippen LogP contribution is 2.14. The Bertz CT molecular complexity index is 261. The summed E-state index contributed by atoms with van der Waals surface area (Å²) in [6.45, 7) is 4.53. The summed E-state index contributed by atoms with van der Waals surface area (Å²) in [7, 11) is 0. The lowest BCUT2D eigenvalue weighted by Crippen LogP contribution is -2.45. The summed E-state index contributed by atoms with van der Waals surface area (Å²) in [6, 6.07) is -0.0466. The zero-order valence-electron chi connectivity index (χ0n) is 9.02. The Kier molecular flexibility index (Phi) is 4.77. The van der Waals surface area contributed by atoms with Crippen molar-refractivity contribution in [2.24, 2.45) is 11.0 Å². The molecule has 1 rings (SSSR count). The van der Waals surface area contributed by atoms with Gasteiger partial charge in [0.25, 0.3) is 0 Å². The zero-order valence-corrected chi connectivity index (χ0v) is 9.02. The van der Waals surface area contributed by atoms with E-state index in [1.54, 1.807) is 0 Å². The van der Waals surface area contributed by atoms with Gasteiger partial charge >= 0.3 is 6.03 Å². The normalized spacial score (nSPS) is 20.6. The number of azide groups is 1. The van der Waals surface area contributed by atoms with Crippen LogP contribution in [0.1, 0.15) is 19.8 Å². The van der Waals surface area contributed by atoms with E-state index in [0.29, 0.717) is 19.0 Å². The molecule has 0 aromatic rings. The fourth-order valence-corrected chi connectivity index (χ4v) is 1.74. The van der Waals surface area contributed by atoms with Crippen molar-refractivity contribution >= 4 is 6.03 Å². The number of piperidine rings is 1. The molecular formula is C9H17N5O. The number of rotatable bonds is 3. The Morgan fingerprint density at radius 1 is 1.73 bits per heavy atom. The molecular weight excluding hydrogens is 194 g/mol. The smallest absolute Gasteiger partial charge is 0.317 e. The molecule has 1 fully saturated rings. The van der Waals surface area contributed by atoms with Gasteiger partial charge < -0.3 is 10.2 Å². The molecule has 1 unspecified atom stereocenters. The average molecular weight is 211 g/mol. The second kappa shape index (κ2) is 6.14. The third-order valence-electron chi connectivity index (χ3n) is 2.50. The van der Waals surface area contributed by atoms with E-state index in [2.05, 4.69) is 22.3 Å². The van der Waals surface area contributed by atoms with Gasteiger partial charge in [-0.25, -0.2) is 4.79 Å². The molecule has 1 aliphatic heterocycles. The largest absolute Gasteiger partial charge is 0.338 e. The van der Waals surface area contributed by atoms with Crippen LogP contribution in [0.25, 0.3) is 10.4 Å². The number of amides is 2. The van der Waals surface area contributed by atoms with Crippen molar-refractivity contribution in [3.8, 4) is 0 Å². The first kappa shape index (κ1) is 11.7. The molecule has 1 atom stereocenters. The number of carbonyl (C=O) groups is 1. The second-order valence-corrected chi connectivity index (χ2v) is 3.88. The predicted octanol–water partition coefficient (Wildman–Crippen LogP) is 1.74. The lowest BCUT2D eigenvalue weighted by molar-refractivity contribution is 0.170. The van der Waals surface area contributed by atoms with Gasteiger partial charge in [0.1, 0.15) is 0 Å². The van der Waals surface area contributed by atoms with E-state index in [0.717, 1.165) is 19.5 Å². The van der Waals surface area contributed by atoms with Crippen LogP contribution in [0.2, 0.25) is 0 Å². The maximum absolute atomic E-state index is 11.6. The van der Waals surface area contributed by atoms with Gasteiger partial charge in [-0.3, -0.25) is 0 Å². The van der Waals surface area contributed by atoms with Gasteiger partial charge in [0.15, 0.2) is 0 Å². The molecule has 2 amide bonds. The van der Waals surface area contributed by atoms with Crippen LogP contribution in [0.5, 0.6) is 0 Å². The summed E-state index contributed by atoms with van der Waals surface area (Å²) in [4.78, 5) is 16.0. The van der Waals surface area contributed by atoms with Gasteiger partial charge in [0.2, 0.25) is 0 Å². The lowest BCUT2D eigenvalue weighted by Gasteiger charge is -2.30. The van der Waals surface area contributed by atoms with Crippen molar-refractivity contribution in [2.45, 2.75) is 19.8 Å². The van der Waals surface area contributed by atoms with Crippen molar-refractivity contribution in [2.75, 3.05) is 26.2 Å². The first-order valence-corrected chi connectivity index (χ1v) is 5.27. The van der Waals surface area contributed by atoms with Crippen molar-refractivity contribution in [1.29, 1.82) is 0 Å². The molecule has 0 radical (unpaired) electrons. The molecule has 0 spiro atoms. The predicted molar refractivity (Wildman–Crippen MR) is 57.4 cm³/mol. The third-order valence-corrected chi connectivity index (χ3v) is 2.50. The topological polar surface area (TPSA) is 81.1 Å². The first-order valence-electron chi connectivity index (χ1n) is 5.27. The van der Waals surface area contributed by atoms with Crippen LogP contribution in [-0.2, 0) is 0 Å². The molecule has 0 bridgehead atoms. The summed E-state index contributed by atoms with van der Waals surface area (Å²) in [5.74, 6) is 0.585. The van der Waals surface area contributed by atoms with Gasteiger partial charge in [-0.2, -0.15) is 0 Å². The molecule has 6 nitrogen and oxygen atoms in total. The Hall–Kier alpha value is -1.42. The van der Waals surface area contributed by atoms with Gasteiger partial charge in [-0.15, -0.1) is 0 Å². The van der Waals surface area contributed by atoms with Crippen LogP contribution >= 0.6 is 0 Å². The maximum Gasteiger partial charge on any atom is 0.317 e. The molecule has 0 aliphatic carbocycles.